The standard InChI is InChI=1S/C29H27FN4O5/c30-22-15-31-13-6-20(22)23-21(24(38-33-23)17-4-5-17)16-37-29-10-7-28(8-11-29,9-12-29)27-32-25(34-39-27)18-2-1-3-19(14-18)26(35)36/h1-3,6,13-15,17H,4-5,7-12,16H2,(H,35,36). The minimum absolute atomic E-state index is 0.182. The van der Waals surface area contributed by atoms with E-state index in [0.29, 0.717) is 41.1 Å². The van der Waals surface area contributed by atoms with Crippen molar-refractivity contribution in [2.75, 3.05) is 0 Å². The maximum atomic E-state index is 14.6. The van der Waals surface area contributed by atoms with Gasteiger partial charge in [-0.05, 0) is 69.6 Å². The summed E-state index contributed by atoms with van der Waals surface area (Å²) < 4.78 is 32.7. The third-order valence-corrected chi connectivity index (χ3v) is 8.74. The fraction of sp³-hybridized carbons (Fsp3) is 0.414. The van der Waals surface area contributed by atoms with Crippen molar-refractivity contribution in [2.45, 2.75) is 74.9 Å². The summed E-state index contributed by atoms with van der Waals surface area (Å²) in [5, 5.41) is 17.7. The zero-order valence-electron chi connectivity index (χ0n) is 21.2. The summed E-state index contributed by atoms with van der Waals surface area (Å²) in [6, 6.07) is 8.18. The molecule has 10 heteroatoms. The van der Waals surface area contributed by atoms with E-state index in [4.69, 9.17) is 18.8 Å². The molecule has 4 aliphatic rings. The Labute approximate surface area is 223 Å². The Morgan fingerprint density at radius 3 is 2.59 bits per heavy atom. The van der Waals surface area contributed by atoms with Gasteiger partial charge < -0.3 is 18.9 Å². The molecule has 0 spiro atoms. The summed E-state index contributed by atoms with van der Waals surface area (Å²) in [5.41, 5.74) is 2.04. The van der Waals surface area contributed by atoms with Crippen LogP contribution in [0.4, 0.5) is 4.39 Å². The molecule has 0 unspecified atom stereocenters. The number of fused-ring (bicyclic) bond motifs is 3. The first-order valence-electron chi connectivity index (χ1n) is 13.4. The zero-order chi connectivity index (χ0) is 26.6. The number of aromatic nitrogens is 4. The van der Waals surface area contributed by atoms with Crippen LogP contribution in [0.1, 0.15) is 84.9 Å². The smallest absolute Gasteiger partial charge is 0.335 e. The molecule has 0 saturated heterocycles. The molecule has 4 aromatic rings. The fourth-order valence-electron chi connectivity index (χ4n) is 6.17. The Balaban J connectivity index is 1.08. The maximum absolute atomic E-state index is 14.6. The van der Waals surface area contributed by atoms with Crippen LogP contribution in [0.2, 0.25) is 0 Å². The lowest BCUT2D eigenvalue weighted by Gasteiger charge is -2.51. The van der Waals surface area contributed by atoms with Gasteiger partial charge in [0.05, 0.1) is 29.4 Å². The lowest BCUT2D eigenvalue weighted by atomic mass is 9.58. The number of benzene rings is 1. The second-order valence-electron chi connectivity index (χ2n) is 11.1. The molecule has 0 radical (unpaired) electrons. The fourth-order valence-corrected chi connectivity index (χ4v) is 6.17. The van der Waals surface area contributed by atoms with E-state index in [1.165, 1.54) is 12.3 Å². The van der Waals surface area contributed by atoms with Crippen LogP contribution in [0.5, 0.6) is 0 Å². The van der Waals surface area contributed by atoms with Crippen molar-refractivity contribution in [3.63, 3.8) is 0 Å². The van der Waals surface area contributed by atoms with Gasteiger partial charge in [-0.25, -0.2) is 9.18 Å². The van der Waals surface area contributed by atoms with E-state index >= 15 is 0 Å². The molecular formula is C29H27FN4O5. The number of aromatic carboxylic acids is 1. The van der Waals surface area contributed by atoms with E-state index in [1.807, 2.05) is 0 Å². The number of ether oxygens (including phenoxy) is 1. The first-order valence-corrected chi connectivity index (χ1v) is 13.4. The van der Waals surface area contributed by atoms with Crippen LogP contribution in [-0.4, -0.2) is 37.0 Å². The highest BCUT2D eigenvalue weighted by atomic mass is 19.1. The average Bonchev–Trinajstić information content (AvgIpc) is 3.52. The molecule has 4 aliphatic carbocycles. The van der Waals surface area contributed by atoms with Gasteiger partial charge in [0.15, 0.2) is 5.82 Å². The van der Waals surface area contributed by atoms with Crippen LogP contribution in [-0.2, 0) is 16.8 Å². The van der Waals surface area contributed by atoms with Crippen molar-refractivity contribution in [3.05, 3.63) is 71.3 Å². The van der Waals surface area contributed by atoms with Crippen LogP contribution >= 0.6 is 0 Å². The molecule has 0 atom stereocenters. The molecule has 0 aliphatic heterocycles. The van der Waals surface area contributed by atoms with Gasteiger partial charge in [-0.1, -0.05) is 22.4 Å². The lowest BCUT2D eigenvalue weighted by molar-refractivity contribution is -0.130. The summed E-state index contributed by atoms with van der Waals surface area (Å²) in [6.45, 7) is 0.323. The second kappa shape index (κ2) is 9.08. The Morgan fingerprint density at radius 1 is 1.08 bits per heavy atom. The summed E-state index contributed by atoms with van der Waals surface area (Å²) in [4.78, 5) is 19.9. The molecule has 3 aromatic heterocycles. The minimum Gasteiger partial charge on any atom is -0.478 e. The second-order valence-corrected chi connectivity index (χ2v) is 11.1. The predicted octanol–water partition coefficient (Wildman–Crippen LogP) is 6.06. The first kappa shape index (κ1) is 24.1. The van der Waals surface area contributed by atoms with Gasteiger partial charge in [0.2, 0.25) is 11.7 Å². The molecule has 39 heavy (non-hydrogen) atoms. The molecule has 2 bridgehead atoms. The van der Waals surface area contributed by atoms with Gasteiger partial charge >= 0.3 is 5.97 Å². The Kier molecular flexibility index (Phi) is 5.62. The third kappa shape index (κ3) is 4.23. The SMILES string of the molecule is O=C(O)c1cccc(-c2noc(C34CCC(OCc5c(-c6ccncc6F)noc5C5CC5)(CC3)CC4)n2)c1. The lowest BCUT2D eigenvalue weighted by Crippen LogP contribution is -2.49. The average molecular weight is 531 g/mol. The highest BCUT2D eigenvalue weighted by Crippen LogP contribution is 2.55. The van der Waals surface area contributed by atoms with Gasteiger partial charge in [0, 0.05) is 28.8 Å². The van der Waals surface area contributed by atoms with Crippen LogP contribution in [0.15, 0.2) is 51.8 Å². The molecule has 8 rings (SSSR count). The van der Waals surface area contributed by atoms with Crippen molar-refractivity contribution in [1.82, 2.24) is 20.3 Å². The summed E-state index contributed by atoms with van der Waals surface area (Å²) >= 11 is 0. The van der Waals surface area contributed by atoms with Crippen LogP contribution in [0.25, 0.3) is 22.6 Å². The van der Waals surface area contributed by atoms with E-state index in [1.54, 1.807) is 30.5 Å². The largest absolute Gasteiger partial charge is 0.478 e. The third-order valence-electron chi connectivity index (χ3n) is 8.74. The normalized spacial score (nSPS) is 24.2. The van der Waals surface area contributed by atoms with E-state index in [0.717, 1.165) is 62.7 Å². The van der Waals surface area contributed by atoms with Crippen molar-refractivity contribution in [3.8, 4) is 22.6 Å². The number of hydrogen-bond acceptors (Lipinski definition) is 8. The van der Waals surface area contributed by atoms with E-state index in [-0.39, 0.29) is 16.6 Å². The monoisotopic (exact) mass is 530 g/mol. The van der Waals surface area contributed by atoms with Crippen molar-refractivity contribution in [1.29, 1.82) is 0 Å². The van der Waals surface area contributed by atoms with Gasteiger partial charge in [-0.3, -0.25) is 4.98 Å². The molecule has 3 heterocycles. The number of nitrogens with zero attached hydrogens (tertiary/aromatic N) is 4. The molecule has 0 amide bonds. The molecule has 200 valence electrons. The highest BCUT2D eigenvalue weighted by Gasteiger charge is 2.53. The minimum atomic E-state index is -0.997. The quantitative estimate of drug-likeness (QED) is 0.289. The van der Waals surface area contributed by atoms with Gasteiger partial charge in [-0.15, -0.1) is 0 Å². The van der Waals surface area contributed by atoms with Gasteiger partial charge in [0.1, 0.15) is 11.5 Å². The number of carboxylic acids is 1. The van der Waals surface area contributed by atoms with Crippen LogP contribution < -0.4 is 0 Å². The molecule has 1 N–H and O–H groups in total. The number of pyridine rings is 1. The summed E-state index contributed by atoms with van der Waals surface area (Å²) in [6.07, 6.45) is 9.95. The number of rotatable bonds is 8. The van der Waals surface area contributed by atoms with Gasteiger partial charge in [0.25, 0.3) is 0 Å². The van der Waals surface area contributed by atoms with E-state index in [2.05, 4.69) is 15.3 Å². The van der Waals surface area contributed by atoms with Gasteiger partial charge in [-0.2, -0.15) is 4.98 Å². The van der Waals surface area contributed by atoms with Crippen molar-refractivity contribution in [2.24, 2.45) is 0 Å². The number of halogens is 1. The summed E-state index contributed by atoms with van der Waals surface area (Å²) in [5.74, 6) is 0.711. The highest BCUT2D eigenvalue weighted by molar-refractivity contribution is 5.89. The number of carboxylic acid groups (broad SMARTS) is 1. The Bertz CT molecular complexity index is 1530. The van der Waals surface area contributed by atoms with E-state index < -0.39 is 11.8 Å². The predicted molar refractivity (Wildman–Crippen MR) is 135 cm³/mol. The van der Waals surface area contributed by atoms with Crippen molar-refractivity contribution >= 4 is 5.97 Å². The number of carbonyl (C=O) groups is 1. The van der Waals surface area contributed by atoms with E-state index in [9.17, 15) is 14.3 Å². The topological polar surface area (TPSA) is 124 Å². The Morgan fingerprint density at radius 2 is 1.87 bits per heavy atom. The first-order chi connectivity index (χ1) is 19.0. The molecule has 9 nitrogen and oxygen atoms in total. The van der Waals surface area contributed by atoms with Crippen LogP contribution in [0.3, 0.4) is 0 Å². The number of hydrogen-bond donors (Lipinski definition) is 1. The molecular weight excluding hydrogens is 503 g/mol. The van der Waals surface area contributed by atoms with Crippen LogP contribution in [0, 0.1) is 5.82 Å². The summed E-state index contributed by atoms with van der Waals surface area (Å²) in [7, 11) is 0. The Hall–Kier alpha value is -3.92. The zero-order valence-corrected chi connectivity index (χ0v) is 21.2. The molecule has 4 saturated carbocycles. The van der Waals surface area contributed by atoms with Crippen molar-refractivity contribution < 1.29 is 28.1 Å². The molecule has 4 fully saturated rings. The molecule has 1 aromatic carbocycles. The maximum Gasteiger partial charge on any atom is 0.335 e.